The zero-order valence-electron chi connectivity index (χ0n) is 21.9. The standard InChI is InChI=1S/C29H30ClF2N7O/c30-22-12-19(28(40)36-20-4-1-5-20)7-8-21(22)26-37-25-15-35-29(34-14-17-6-9-23(31)24(32)11-17)38-27(25)39(26)16-18-3-2-10-33-13-18/h6-9,11-12,15,18,20,33H,1-5,10,13-14,16H2,(H,36,40)(H,34,35,38)/t18-/m1/s1. The van der Waals surface area contributed by atoms with E-state index in [0.29, 0.717) is 57.1 Å². The maximum atomic E-state index is 13.6. The summed E-state index contributed by atoms with van der Waals surface area (Å²) < 4.78 is 29.0. The van der Waals surface area contributed by atoms with Crippen molar-refractivity contribution in [2.24, 2.45) is 5.92 Å². The van der Waals surface area contributed by atoms with Crippen LogP contribution in [-0.4, -0.2) is 44.6 Å². The summed E-state index contributed by atoms with van der Waals surface area (Å²) in [6.45, 7) is 2.80. The third-order valence-corrected chi connectivity index (χ3v) is 7.99. The van der Waals surface area contributed by atoms with Crippen LogP contribution in [0.5, 0.6) is 0 Å². The largest absolute Gasteiger partial charge is 0.350 e. The van der Waals surface area contributed by atoms with Gasteiger partial charge in [-0.1, -0.05) is 17.7 Å². The number of imidazole rings is 1. The second-order valence-electron chi connectivity index (χ2n) is 10.6. The maximum absolute atomic E-state index is 13.6. The first-order valence-corrected chi connectivity index (χ1v) is 14.0. The normalized spacial score (nSPS) is 17.5. The summed E-state index contributed by atoms with van der Waals surface area (Å²) in [5.74, 6) is -0.527. The van der Waals surface area contributed by atoms with E-state index in [2.05, 4.69) is 25.5 Å². The number of hydrogen-bond donors (Lipinski definition) is 3. The Morgan fingerprint density at radius 2 is 1.95 bits per heavy atom. The van der Waals surface area contributed by atoms with E-state index in [9.17, 15) is 13.6 Å². The molecule has 1 aliphatic carbocycles. The Bertz CT molecular complexity index is 1550. The number of rotatable bonds is 8. The van der Waals surface area contributed by atoms with Crippen molar-refractivity contribution in [3.8, 4) is 11.4 Å². The van der Waals surface area contributed by atoms with Crippen molar-refractivity contribution in [1.29, 1.82) is 0 Å². The third kappa shape index (κ3) is 5.64. The number of amides is 1. The molecule has 40 heavy (non-hydrogen) atoms. The van der Waals surface area contributed by atoms with Crippen LogP contribution < -0.4 is 16.0 Å². The molecule has 2 aromatic heterocycles. The van der Waals surface area contributed by atoms with Crippen LogP contribution in [0.15, 0.2) is 42.6 Å². The molecular formula is C29H30ClF2N7O. The minimum Gasteiger partial charge on any atom is -0.350 e. The van der Waals surface area contributed by atoms with Crippen molar-refractivity contribution >= 4 is 34.6 Å². The Morgan fingerprint density at radius 1 is 1.07 bits per heavy atom. The lowest BCUT2D eigenvalue weighted by Gasteiger charge is -2.26. The van der Waals surface area contributed by atoms with Gasteiger partial charge in [-0.2, -0.15) is 4.98 Å². The molecule has 4 aromatic rings. The molecule has 1 amide bonds. The zero-order valence-corrected chi connectivity index (χ0v) is 22.6. The van der Waals surface area contributed by atoms with Gasteiger partial charge in [-0.3, -0.25) is 4.79 Å². The van der Waals surface area contributed by atoms with E-state index in [1.54, 1.807) is 18.3 Å². The summed E-state index contributed by atoms with van der Waals surface area (Å²) in [5, 5.41) is 10.0. The second-order valence-corrected chi connectivity index (χ2v) is 11.0. The number of benzene rings is 2. The number of hydrogen-bond acceptors (Lipinski definition) is 6. The molecule has 1 atom stereocenters. The minimum atomic E-state index is -0.900. The molecule has 0 radical (unpaired) electrons. The molecule has 0 bridgehead atoms. The molecule has 2 aromatic carbocycles. The lowest BCUT2D eigenvalue weighted by molar-refractivity contribution is 0.0917. The molecule has 3 heterocycles. The summed E-state index contributed by atoms with van der Waals surface area (Å²) in [5.41, 5.74) is 3.05. The lowest BCUT2D eigenvalue weighted by atomic mass is 9.93. The predicted molar refractivity (Wildman–Crippen MR) is 150 cm³/mol. The van der Waals surface area contributed by atoms with E-state index in [1.807, 2.05) is 6.07 Å². The monoisotopic (exact) mass is 565 g/mol. The fourth-order valence-corrected chi connectivity index (χ4v) is 5.48. The summed E-state index contributed by atoms with van der Waals surface area (Å²) in [6, 6.07) is 9.31. The number of fused-ring (bicyclic) bond motifs is 1. The molecule has 2 aliphatic rings. The van der Waals surface area contributed by atoms with Crippen LogP contribution in [0, 0.1) is 17.6 Å². The fourth-order valence-electron chi connectivity index (χ4n) is 5.21. The first kappa shape index (κ1) is 26.6. The number of nitrogens with one attached hydrogen (secondary N) is 3. The van der Waals surface area contributed by atoms with E-state index < -0.39 is 11.6 Å². The molecule has 0 spiro atoms. The Kier molecular flexibility index (Phi) is 7.62. The zero-order chi connectivity index (χ0) is 27.6. The van der Waals surface area contributed by atoms with Gasteiger partial charge in [-0.05, 0) is 87.0 Å². The van der Waals surface area contributed by atoms with E-state index >= 15 is 0 Å². The van der Waals surface area contributed by atoms with Crippen molar-refractivity contribution in [2.45, 2.75) is 51.2 Å². The summed E-state index contributed by atoms with van der Waals surface area (Å²) in [4.78, 5) is 26.7. The van der Waals surface area contributed by atoms with Crippen molar-refractivity contribution < 1.29 is 13.6 Å². The Morgan fingerprint density at radius 3 is 2.67 bits per heavy atom. The smallest absolute Gasteiger partial charge is 0.251 e. The van der Waals surface area contributed by atoms with Crippen molar-refractivity contribution in [3.05, 3.63) is 70.4 Å². The van der Waals surface area contributed by atoms with Crippen molar-refractivity contribution in [3.63, 3.8) is 0 Å². The van der Waals surface area contributed by atoms with Crippen molar-refractivity contribution in [2.75, 3.05) is 18.4 Å². The summed E-state index contributed by atoms with van der Waals surface area (Å²) in [6.07, 6.45) is 6.97. The molecule has 2 fully saturated rings. The average Bonchev–Trinajstić information content (AvgIpc) is 3.28. The lowest BCUT2D eigenvalue weighted by Crippen LogP contribution is -2.39. The van der Waals surface area contributed by atoms with Crippen LogP contribution in [0.25, 0.3) is 22.6 Å². The molecule has 11 heteroatoms. The van der Waals surface area contributed by atoms with Gasteiger partial charge in [0.1, 0.15) is 11.3 Å². The van der Waals surface area contributed by atoms with E-state index in [1.165, 1.54) is 6.07 Å². The van der Waals surface area contributed by atoms with Crippen LogP contribution in [0.1, 0.15) is 48.0 Å². The van der Waals surface area contributed by atoms with Crippen LogP contribution in [0.4, 0.5) is 14.7 Å². The molecule has 1 saturated carbocycles. The second kappa shape index (κ2) is 11.5. The number of halogens is 3. The van der Waals surface area contributed by atoms with E-state index in [-0.39, 0.29) is 18.5 Å². The molecule has 1 saturated heterocycles. The number of nitrogens with zero attached hydrogens (tertiary/aromatic N) is 4. The van der Waals surface area contributed by atoms with Crippen molar-refractivity contribution in [1.82, 2.24) is 30.2 Å². The van der Waals surface area contributed by atoms with E-state index in [0.717, 1.165) is 57.3 Å². The Hall–Kier alpha value is -3.63. The number of carbonyl (C=O) groups excluding carboxylic acids is 1. The van der Waals surface area contributed by atoms with Crippen LogP contribution in [0.2, 0.25) is 5.02 Å². The quantitative estimate of drug-likeness (QED) is 0.268. The van der Waals surface area contributed by atoms with Gasteiger partial charge in [0.05, 0.1) is 11.2 Å². The SMILES string of the molecule is O=C(NC1CCC1)c1ccc(-c2nc3cnc(NCc4ccc(F)c(F)c4)nc3n2C[C@@H]2CCCNC2)c(Cl)c1. The van der Waals surface area contributed by atoms with Gasteiger partial charge in [-0.25, -0.2) is 18.7 Å². The highest BCUT2D eigenvalue weighted by Crippen LogP contribution is 2.32. The summed E-state index contributed by atoms with van der Waals surface area (Å²) in [7, 11) is 0. The fraction of sp³-hybridized carbons (Fsp3) is 0.379. The number of carbonyl (C=O) groups is 1. The molecule has 1 aliphatic heterocycles. The molecule has 3 N–H and O–H groups in total. The highest BCUT2D eigenvalue weighted by Gasteiger charge is 2.24. The van der Waals surface area contributed by atoms with E-state index in [4.69, 9.17) is 21.6 Å². The first-order chi connectivity index (χ1) is 19.4. The van der Waals surface area contributed by atoms with Crippen LogP contribution in [0.3, 0.4) is 0 Å². The predicted octanol–water partition coefficient (Wildman–Crippen LogP) is 5.32. The van der Waals surface area contributed by atoms with Gasteiger partial charge in [-0.15, -0.1) is 0 Å². The highest BCUT2D eigenvalue weighted by atomic mass is 35.5. The first-order valence-electron chi connectivity index (χ1n) is 13.7. The van der Waals surface area contributed by atoms with Crippen LogP contribution in [-0.2, 0) is 13.1 Å². The highest BCUT2D eigenvalue weighted by molar-refractivity contribution is 6.33. The van der Waals surface area contributed by atoms with Gasteiger partial charge in [0.2, 0.25) is 5.95 Å². The van der Waals surface area contributed by atoms with Gasteiger partial charge < -0.3 is 20.5 Å². The van der Waals surface area contributed by atoms with Gasteiger partial charge in [0, 0.05) is 30.3 Å². The molecule has 6 rings (SSSR count). The number of aromatic nitrogens is 4. The van der Waals surface area contributed by atoms with Crippen LogP contribution >= 0.6 is 11.6 Å². The molecule has 0 unspecified atom stereocenters. The number of anilines is 1. The average molecular weight is 566 g/mol. The Balaban J connectivity index is 1.32. The third-order valence-electron chi connectivity index (χ3n) is 7.67. The van der Waals surface area contributed by atoms with Gasteiger partial charge in [0.15, 0.2) is 17.3 Å². The molecule has 8 nitrogen and oxygen atoms in total. The molecular weight excluding hydrogens is 536 g/mol. The number of piperidine rings is 1. The summed E-state index contributed by atoms with van der Waals surface area (Å²) >= 11 is 6.76. The maximum Gasteiger partial charge on any atom is 0.251 e. The van der Waals surface area contributed by atoms with Gasteiger partial charge in [0.25, 0.3) is 5.91 Å². The minimum absolute atomic E-state index is 0.123. The molecule has 208 valence electrons. The van der Waals surface area contributed by atoms with Gasteiger partial charge >= 0.3 is 0 Å². The Labute approximate surface area is 235 Å². The topological polar surface area (TPSA) is 96.8 Å².